The van der Waals surface area contributed by atoms with Crippen molar-refractivity contribution < 1.29 is 19.1 Å². The van der Waals surface area contributed by atoms with Crippen molar-refractivity contribution in [2.75, 3.05) is 10.6 Å². The lowest BCUT2D eigenvalue weighted by Gasteiger charge is -2.21. The van der Waals surface area contributed by atoms with Gasteiger partial charge in [-0.3, -0.25) is 10.6 Å². The first kappa shape index (κ1) is 19.0. The first-order valence-corrected chi connectivity index (χ1v) is 7.26. The van der Waals surface area contributed by atoms with E-state index in [1.54, 1.807) is 41.5 Å². The van der Waals surface area contributed by atoms with Gasteiger partial charge in [0, 0.05) is 0 Å². The third kappa shape index (κ3) is 7.14. The van der Waals surface area contributed by atoms with E-state index < -0.39 is 23.4 Å². The van der Waals surface area contributed by atoms with Crippen LogP contribution in [0.25, 0.3) is 0 Å². The van der Waals surface area contributed by atoms with Gasteiger partial charge in [-0.05, 0) is 41.5 Å². The van der Waals surface area contributed by atoms with E-state index in [9.17, 15) is 9.59 Å². The van der Waals surface area contributed by atoms with Gasteiger partial charge < -0.3 is 9.47 Å². The highest BCUT2D eigenvalue weighted by atomic mass is 35.5. The fourth-order valence-electron chi connectivity index (χ4n) is 1.38. The zero-order chi connectivity index (χ0) is 17.8. The number of amides is 2. The molecule has 1 heterocycles. The lowest BCUT2D eigenvalue weighted by molar-refractivity contribution is 0.0620. The number of aromatic nitrogens is 2. The molecule has 0 saturated heterocycles. The molecule has 0 radical (unpaired) electrons. The van der Waals surface area contributed by atoms with E-state index in [1.165, 1.54) is 0 Å². The quantitative estimate of drug-likeness (QED) is 0.790. The van der Waals surface area contributed by atoms with E-state index in [4.69, 9.17) is 21.1 Å². The van der Waals surface area contributed by atoms with Gasteiger partial charge in [-0.25, -0.2) is 19.6 Å². The van der Waals surface area contributed by atoms with Crippen LogP contribution in [0.15, 0.2) is 6.33 Å². The summed E-state index contributed by atoms with van der Waals surface area (Å²) in [7, 11) is 0. The number of hydrogen-bond donors (Lipinski definition) is 2. The third-order valence-electron chi connectivity index (χ3n) is 2.05. The number of anilines is 2. The van der Waals surface area contributed by atoms with E-state index >= 15 is 0 Å². The van der Waals surface area contributed by atoms with Crippen molar-refractivity contribution in [3.63, 3.8) is 0 Å². The summed E-state index contributed by atoms with van der Waals surface area (Å²) in [6.45, 7) is 10.3. The van der Waals surface area contributed by atoms with Crippen LogP contribution in [0, 0.1) is 0 Å². The summed E-state index contributed by atoms with van der Waals surface area (Å²) < 4.78 is 10.3. The molecule has 128 valence electrons. The molecule has 0 unspecified atom stereocenters. The standard InChI is InChI=1S/C14H21ClN4O4/c1-13(2,3)22-11(20)18-8-9(15)16-7-17-10(8)19-12(21)23-14(4,5)6/h7H,1-6H3,(H,18,20)(H,16,17,19,21). The van der Waals surface area contributed by atoms with Gasteiger partial charge in [0.25, 0.3) is 0 Å². The predicted octanol–water partition coefficient (Wildman–Crippen LogP) is 3.82. The van der Waals surface area contributed by atoms with Crippen LogP contribution in [0.4, 0.5) is 21.1 Å². The van der Waals surface area contributed by atoms with Gasteiger partial charge in [0.2, 0.25) is 0 Å². The fraction of sp³-hybridized carbons (Fsp3) is 0.571. The maximum atomic E-state index is 11.9. The lowest BCUT2D eigenvalue weighted by Crippen LogP contribution is -2.29. The smallest absolute Gasteiger partial charge is 0.413 e. The summed E-state index contributed by atoms with van der Waals surface area (Å²) in [6.07, 6.45) is -0.337. The molecule has 0 spiro atoms. The molecule has 0 bridgehead atoms. The number of nitrogens with zero attached hydrogens (tertiary/aromatic N) is 2. The first-order chi connectivity index (χ1) is 10.4. The largest absolute Gasteiger partial charge is 0.444 e. The van der Waals surface area contributed by atoms with Crippen LogP contribution in [-0.2, 0) is 9.47 Å². The summed E-state index contributed by atoms with van der Waals surface area (Å²) in [5, 5.41) is 4.78. The molecule has 8 nitrogen and oxygen atoms in total. The molecular weight excluding hydrogens is 324 g/mol. The Kier molecular flexibility index (Phi) is 5.76. The van der Waals surface area contributed by atoms with Crippen LogP contribution in [-0.4, -0.2) is 33.4 Å². The molecule has 0 fully saturated rings. The van der Waals surface area contributed by atoms with Gasteiger partial charge in [-0.15, -0.1) is 0 Å². The topological polar surface area (TPSA) is 102 Å². The van der Waals surface area contributed by atoms with Crippen molar-refractivity contribution >= 4 is 35.3 Å². The SMILES string of the molecule is CC(C)(C)OC(=O)Nc1ncnc(Cl)c1NC(=O)OC(C)(C)C. The Morgan fingerprint density at radius 2 is 1.43 bits per heavy atom. The minimum absolute atomic E-state index is 0.00473. The van der Waals surface area contributed by atoms with Gasteiger partial charge in [0.1, 0.15) is 23.2 Å². The van der Waals surface area contributed by atoms with Crippen molar-refractivity contribution in [1.29, 1.82) is 0 Å². The molecule has 23 heavy (non-hydrogen) atoms. The fourth-order valence-corrected chi connectivity index (χ4v) is 1.56. The molecule has 2 amide bonds. The molecular formula is C14H21ClN4O4. The Labute approximate surface area is 139 Å². The van der Waals surface area contributed by atoms with E-state index in [1.807, 2.05) is 0 Å². The zero-order valence-electron chi connectivity index (χ0n) is 14.0. The lowest BCUT2D eigenvalue weighted by atomic mass is 10.2. The molecule has 0 aliphatic rings. The Morgan fingerprint density at radius 3 is 1.91 bits per heavy atom. The molecule has 2 N–H and O–H groups in total. The molecule has 1 rings (SSSR count). The summed E-state index contributed by atoms with van der Waals surface area (Å²) in [4.78, 5) is 31.3. The number of carbonyl (C=O) groups is 2. The maximum Gasteiger partial charge on any atom is 0.413 e. The van der Waals surface area contributed by atoms with Crippen LogP contribution in [0.2, 0.25) is 5.15 Å². The number of ether oxygens (including phenoxy) is 2. The van der Waals surface area contributed by atoms with E-state index in [0.717, 1.165) is 6.33 Å². The highest BCUT2D eigenvalue weighted by Gasteiger charge is 2.22. The van der Waals surface area contributed by atoms with E-state index in [-0.39, 0.29) is 16.7 Å². The van der Waals surface area contributed by atoms with Crippen LogP contribution in [0.1, 0.15) is 41.5 Å². The Hall–Kier alpha value is -2.09. The van der Waals surface area contributed by atoms with E-state index in [0.29, 0.717) is 0 Å². The Morgan fingerprint density at radius 1 is 0.957 bits per heavy atom. The average Bonchev–Trinajstić information content (AvgIpc) is 2.28. The molecule has 1 aromatic rings. The molecule has 0 aromatic carbocycles. The molecule has 0 saturated carbocycles. The minimum atomic E-state index is -0.749. The number of carbonyl (C=O) groups excluding carboxylic acids is 2. The van der Waals surface area contributed by atoms with Crippen LogP contribution in [0.3, 0.4) is 0 Å². The van der Waals surface area contributed by atoms with E-state index in [2.05, 4.69) is 20.6 Å². The maximum absolute atomic E-state index is 11.9. The van der Waals surface area contributed by atoms with Crippen LogP contribution in [0.5, 0.6) is 0 Å². The number of halogens is 1. The molecule has 1 aromatic heterocycles. The average molecular weight is 345 g/mol. The highest BCUT2D eigenvalue weighted by molar-refractivity contribution is 6.33. The second kappa shape index (κ2) is 6.99. The highest BCUT2D eigenvalue weighted by Crippen LogP contribution is 2.27. The first-order valence-electron chi connectivity index (χ1n) is 6.88. The van der Waals surface area contributed by atoms with Crippen molar-refractivity contribution in [2.45, 2.75) is 52.7 Å². The van der Waals surface area contributed by atoms with Gasteiger partial charge in [0.05, 0.1) is 0 Å². The minimum Gasteiger partial charge on any atom is -0.444 e. The van der Waals surface area contributed by atoms with Crippen molar-refractivity contribution in [1.82, 2.24) is 9.97 Å². The molecule has 9 heteroatoms. The van der Waals surface area contributed by atoms with Gasteiger partial charge >= 0.3 is 12.2 Å². The Balaban J connectivity index is 2.92. The van der Waals surface area contributed by atoms with Crippen LogP contribution < -0.4 is 10.6 Å². The van der Waals surface area contributed by atoms with Crippen molar-refractivity contribution in [3.05, 3.63) is 11.5 Å². The van der Waals surface area contributed by atoms with Crippen molar-refractivity contribution in [3.8, 4) is 0 Å². The summed E-state index contributed by atoms with van der Waals surface area (Å²) in [5.41, 5.74) is -1.35. The molecule has 0 aliphatic heterocycles. The normalized spacial score (nSPS) is 11.6. The summed E-state index contributed by atoms with van der Waals surface area (Å²) in [5.74, 6) is 0.00473. The third-order valence-corrected chi connectivity index (χ3v) is 2.33. The van der Waals surface area contributed by atoms with Gasteiger partial charge in [-0.1, -0.05) is 11.6 Å². The predicted molar refractivity (Wildman–Crippen MR) is 86.8 cm³/mol. The van der Waals surface area contributed by atoms with Gasteiger partial charge in [-0.2, -0.15) is 0 Å². The molecule has 0 atom stereocenters. The number of rotatable bonds is 2. The summed E-state index contributed by atoms with van der Waals surface area (Å²) >= 11 is 5.95. The second-order valence-corrected chi connectivity index (χ2v) is 7.00. The number of hydrogen-bond acceptors (Lipinski definition) is 6. The second-order valence-electron chi connectivity index (χ2n) is 6.64. The molecule has 0 aliphatic carbocycles. The number of nitrogens with one attached hydrogen (secondary N) is 2. The zero-order valence-corrected chi connectivity index (χ0v) is 14.7. The summed E-state index contributed by atoms with van der Waals surface area (Å²) in [6, 6.07) is 0. The van der Waals surface area contributed by atoms with Crippen molar-refractivity contribution in [2.24, 2.45) is 0 Å². The van der Waals surface area contributed by atoms with Crippen LogP contribution >= 0.6 is 11.6 Å². The van der Waals surface area contributed by atoms with Gasteiger partial charge in [0.15, 0.2) is 11.0 Å². The monoisotopic (exact) mass is 344 g/mol. The Bertz CT molecular complexity index is 593.